The third-order valence-electron chi connectivity index (χ3n) is 4.03. The molecule has 2 heterocycles. The summed E-state index contributed by atoms with van der Waals surface area (Å²) in [5.74, 6) is -0.249. The lowest BCUT2D eigenvalue weighted by molar-refractivity contribution is 0.0300. The summed E-state index contributed by atoms with van der Waals surface area (Å²) in [6.45, 7) is 6.67. The van der Waals surface area contributed by atoms with E-state index < -0.39 is 5.97 Å². The van der Waals surface area contributed by atoms with E-state index in [4.69, 9.17) is 4.74 Å². The van der Waals surface area contributed by atoms with Gasteiger partial charge in [-0.2, -0.15) is 0 Å². The van der Waals surface area contributed by atoms with Crippen LogP contribution in [0.2, 0.25) is 0 Å². The zero-order chi connectivity index (χ0) is 15.3. The van der Waals surface area contributed by atoms with Crippen LogP contribution in [0.5, 0.6) is 0 Å². The van der Waals surface area contributed by atoms with Crippen molar-refractivity contribution in [3.8, 4) is 0 Å². The number of nitrogens with zero attached hydrogens (tertiary/aromatic N) is 1. The highest BCUT2D eigenvalue weighted by molar-refractivity contribution is 5.88. The average Bonchev–Trinajstić information content (AvgIpc) is 2.46. The number of carboxylic acids is 1. The lowest BCUT2D eigenvalue weighted by Gasteiger charge is -2.33. The number of carbonyl (C=O) groups is 1. The number of aromatic carboxylic acids is 1. The number of ether oxygens (including phenoxy) is 1. The third-order valence-corrected chi connectivity index (χ3v) is 4.03. The Morgan fingerprint density at radius 2 is 2.14 bits per heavy atom. The van der Waals surface area contributed by atoms with Crippen LogP contribution in [0.4, 0.5) is 5.82 Å². The smallest absolute Gasteiger partial charge is 0.335 e. The highest BCUT2D eigenvalue weighted by atomic mass is 16.5. The first-order chi connectivity index (χ1) is 10.0. The lowest BCUT2D eigenvalue weighted by atomic mass is 9.82. The van der Waals surface area contributed by atoms with Crippen LogP contribution in [0.1, 0.15) is 49.2 Å². The van der Waals surface area contributed by atoms with Gasteiger partial charge < -0.3 is 15.2 Å². The number of rotatable bonds is 6. The fourth-order valence-electron chi connectivity index (χ4n) is 2.53. The van der Waals surface area contributed by atoms with Crippen molar-refractivity contribution in [3.63, 3.8) is 0 Å². The standard InChI is InChI=1S/C16H24N2O3/c1-3-4-13-9-12(15(19)20)10-14(18-13)17-11-16(2)5-7-21-8-6-16/h9-10H,3-8,11H2,1-2H3,(H,17,18)(H,19,20). The molecule has 5 heteroatoms. The van der Waals surface area contributed by atoms with Gasteiger partial charge in [-0.05, 0) is 36.8 Å². The van der Waals surface area contributed by atoms with E-state index in [0.29, 0.717) is 11.4 Å². The Bertz CT molecular complexity index is 496. The summed E-state index contributed by atoms with van der Waals surface area (Å²) in [4.78, 5) is 15.7. The molecule has 116 valence electrons. The van der Waals surface area contributed by atoms with Crippen LogP contribution < -0.4 is 5.32 Å². The van der Waals surface area contributed by atoms with Gasteiger partial charge in [0, 0.05) is 25.5 Å². The number of aryl methyl sites for hydroxylation is 1. The van der Waals surface area contributed by atoms with Crippen molar-refractivity contribution in [2.45, 2.75) is 39.5 Å². The second kappa shape index (κ2) is 6.89. The van der Waals surface area contributed by atoms with Crippen molar-refractivity contribution in [2.75, 3.05) is 25.1 Å². The zero-order valence-electron chi connectivity index (χ0n) is 12.8. The van der Waals surface area contributed by atoms with Crippen molar-refractivity contribution in [1.82, 2.24) is 4.98 Å². The van der Waals surface area contributed by atoms with Crippen LogP contribution in [0.25, 0.3) is 0 Å². The minimum Gasteiger partial charge on any atom is -0.478 e. The van der Waals surface area contributed by atoms with E-state index in [0.717, 1.165) is 51.1 Å². The summed E-state index contributed by atoms with van der Waals surface area (Å²) in [6, 6.07) is 3.28. The van der Waals surface area contributed by atoms with E-state index in [1.165, 1.54) is 0 Å². The molecular formula is C16H24N2O3. The molecule has 0 atom stereocenters. The molecule has 0 saturated carbocycles. The topological polar surface area (TPSA) is 71.5 Å². The van der Waals surface area contributed by atoms with Crippen molar-refractivity contribution in [1.29, 1.82) is 0 Å². The van der Waals surface area contributed by atoms with Gasteiger partial charge in [0.05, 0.1) is 5.56 Å². The monoisotopic (exact) mass is 292 g/mol. The quantitative estimate of drug-likeness (QED) is 0.843. The molecule has 1 fully saturated rings. The molecule has 0 aliphatic carbocycles. The predicted molar refractivity (Wildman–Crippen MR) is 81.8 cm³/mol. The van der Waals surface area contributed by atoms with Crippen LogP contribution in [-0.4, -0.2) is 35.8 Å². The van der Waals surface area contributed by atoms with Gasteiger partial charge in [0.15, 0.2) is 0 Å². The van der Waals surface area contributed by atoms with Crippen LogP contribution in [-0.2, 0) is 11.2 Å². The molecule has 0 amide bonds. The summed E-state index contributed by atoms with van der Waals surface area (Å²) in [7, 11) is 0. The molecule has 1 aliphatic rings. The number of carboxylic acid groups (broad SMARTS) is 1. The van der Waals surface area contributed by atoms with Crippen molar-refractivity contribution < 1.29 is 14.6 Å². The minimum absolute atomic E-state index is 0.185. The normalized spacial score (nSPS) is 17.4. The highest BCUT2D eigenvalue weighted by Crippen LogP contribution is 2.29. The first-order valence-electron chi connectivity index (χ1n) is 7.58. The van der Waals surface area contributed by atoms with Crippen LogP contribution in [0, 0.1) is 5.41 Å². The maximum atomic E-state index is 11.2. The third kappa shape index (κ3) is 4.43. The second-order valence-corrected chi connectivity index (χ2v) is 6.06. The van der Waals surface area contributed by atoms with E-state index in [1.54, 1.807) is 12.1 Å². The maximum absolute atomic E-state index is 11.2. The van der Waals surface area contributed by atoms with Crippen LogP contribution >= 0.6 is 0 Å². The summed E-state index contributed by atoms with van der Waals surface area (Å²) < 4.78 is 5.40. The van der Waals surface area contributed by atoms with E-state index in [9.17, 15) is 9.90 Å². The molecule has 0 unspecified atom stereocenters. The van der Waals surface area contributed by atoms with Gasteiger partial charge in [-0.15, -0.1) is 0 Å². The fraction of sp³-hybridized carbons (Fsp3) is 0.625. The lowest BCUT2D eigenvalue weighted by Crippen LogP contribution is -2.33. The molecule has 0 aromatic carbocycles. The summed E-state index contributed by atoms with van der Waals surface area (Å²) in [5, 5.41) is 12.5. The van der Waals surface area contributed by atoms with Gasteiger partial charge in [0.25, 0.3) is 0 Å². The van der Waals surface area contributed by atoms with E-state index in [1.807, 2.05) is 0 Å². The Balaban J connectivity index is 2.09. The Morgan fingerprint density at radius 1 is 1.43 bits per heavy atom. The van der Waals surface area contributed by atoms with Gasteiger partial charge in [0.2, 0.25) is 0 Å². The van der Waals surface area contributed by atoms with E-state index in [-0.39, 0.29) is 5.41 Å². The molecule has 0 radical (unpaired) electrons. The number of nitrogens with one attached hydrogen (secondary N) is 1. The van der Waals surface area contributed by atoms with Gasteiger partial charge in [-0.25, -0.2) is 9.78 Å². The van der Waals surface area contributed by atoms with Crippen molar-refractivity contribution >= 4 is 11.8 Å². The number of anilines is 1. The predicted octanol–water partition coefficient (Wildman–Crippen LogP) is 2.96. The summed E-state index contributed by atoms with van der Waals surface area (Å²) in [5.41, 5.74) is 1.31. The molecule has 1 aromatic heterocycles. The molecule has 2 N–H and O–H groups in total. The Labute approximate surface area is 125 Å². The van der Waals surface area contributed by atoms with Gasteiger partial charge >= 0.3 is 5.97 Å². The summed E-state index contributed by atoms with van der Waals surface area (Å²) in [6.07, 6.45) is 3.77. The molecule has 0 bridgehead atoms. The molecule has 1 aromatic rings. The molecular weight excluding hydrogens is 268 g/mol. The Hall–Kier alpha value is -1.62. The average molecular weight is 292 g/mol. The molecule has 0 spiro atoms. The summed E-state index contributed by atoms with van der Waals surface area (Å²) >= 11 is 0. The first kappa shape index (κ1) is 15.8. The SMILES string of the molecule is CCCc1cc(C(=O)O)cc(NCC2(C)CCOCC2)n1. The fourth-order valence-corrected chi connectivity index (χ4v) is 2.53. The molecule has 1 aliphatic heterocycles. The van der Waals surface area contributed by atoms with E-state index >= 15 is 0 Å². The van der Waals surface area contributed by atoms with Gasteiger partial charge in [0.1, 0.15) is 5.82 Å². The number of hydrogen-bond donors (Lipinski definition) is 2. The Kier molecular flexibility index (Phi) is 5.17. The number of aromatic nitrogens is 1. The van der Waals surface area contributed by atoms with Crippen LogP contribution in [0.15, 0.2) is 12.1 Å². The van der Waals surface area contributed by atoms with Crippen molar-refractivity contribution in [2.24, 2.45) is 5.41 Å². The second-order valence-electron chi connectivity index (χ2n) is 6.06. The van der Waals surface area contributed by atoms with Crippen molar-refractivity contribution in [3.05, 3.63) is 23.4 Å². The maximum Gasteiger partial charge on any atom is 0.335 e. The highest BCUT2D eigenvalue weighted by Gasteiger charge is 2.27. The number of hydrogen-bond acceptors (Lipinski definition) is 4. The van der Waals surface area contributed by atoms with Gasteiger partial charge in [-0.1, -0.05) is 20.3 Å². The number of pyridine rings is 1. The zero-order valence-corrected chi connectivity index (χ0v) is 12.8. The molecule has 21 heavy (non-hydrogen) atoms. The largest absolute Gasteiger partial charge is 0.478 e. The van der Waals surface area contributed by atoms with E-state index in [2.05, 4.69) is 24.1 Å². The molecule has 1 saturated heterocycles. The van der Waals surface area contributed by atoms with Crippen LogP contribution in [0.3, 0.4) is 0 Å². The first-order valence-corrected chi connectivity index (χ1v) is 7.58. The molecule has 2 rings (SSSR count). The van der Waals surface area contributed by atoms with Gasteiger partial charge in [-0.3, -0.25) is 0 Å². The molecule has 5 nitrogen and oxygen atoms in total. The minimum atomic E-state index is -0.907. The Morgan fingerprint density at radius 3 is 2.76 bits per heavy atom.